The lowest BCUT2D eigenvalue weighted by atomic mass is 10.0. The summed E-state index contributed by atoms with van der Waals surface area (Å²) in [6.07, 6.45) is 0. The number of nitrogens with zero attached hydrogens (tertiary/aromatic N) is 1. The van der Waals surface area contributed by atoms with Crippen molar-refractivity contribution in [2.24, 2.45) is 0 Å². The van der Waals surface area contributed by atoms with E-state index >= 15 is 0 Å². The maximum Gasteiger partial charge on any atom is 0.211 e. The summed E-state index contributed by atoms with van der Waals surface area (Å²) in [5, 5.41) is 7.82. The molecule has 8 heteroatoms. The van der Waals surface area contributed by atoms with Crippen molar-refractivity contribution in [2.45, 2.75) is 0 Å². The van der Waals surface area contributed by atoms with E-state index in [1.165, 1.54) is 21.3 Å². The number of fused-ring (bicyclic) bond motifs is 1. The van der Waals surface area contributed by atoms with Gasteiger partial charge in [-0.15, -0.1) is 0 Å². The van der Waals surface area contributed by atoms with Gasteiger partial charge >= 0.3 is 0 Å². The molecule has 0 radical (unpaired) electrons. The van der Waals surface area contributed by atoms with E-state index in [0.29, 0.717) is 45.2 Å². The van der Waals surface area contributed by atoms with Crippen molar-refractivity contribution in [2.75, 3.05) is 28.4 Å². The lowest BCUT2D eigenvalue weighted by Crippen LogP contribution is -2.05. The average Bonchev–Trinajstić information content (AvgIpc) is 3.11. The van der Waals surface area contributed by atoms with Crippen molar-refractivity contribution in [1.82, 2.24) is 10.2 Å². The maximum atomic E-state index is 13.1. The molecule has 1 N–H and O–H groups in total. The van der Waals surface area contributed by atoms with Crippen molar-refractivity contribution >= 4 is 39.3 Å². The van der Waals surface area contributed by atoms with E-state index in [1.54, 1.807) is 19.2 Å². The van der Waals surface area contributed by atoms with Gasteiger partial charge in [-0.05, 0) is 46.9 Å². The number of aromatic nitrogens is 2. The average molecular weight is 468 g/mol. The third kappa shape index (κ3) is 2.94. The molecular weight excluding hydrogens is 451 g/mol. The smallest absolute Gasteiger partial charge is 0.211 e. The number of ether oxygens (including phenoxy) is 4. The number of aromatic amines is 1. The fraction of sp³-hybridized carbons (Fsp3) is 0.222. The highest BCUT2D eigenvalue weighted by atomic mass is 127. The number of rotatable bonds is 6. The van der Waals surface area contributed by atoms with Crippen LogP contribution in [-0.4, -0.2) is 44.4 Å². The van der Waals surface area contributed by atoms with Crippen LogP contribution in [0.25, 0.3) is 10.9 Å². The number of H-pyrrole nitrogens is 1. The van der Waals surface area contributed by atoms with Gasteiger partial charge in [-0.2, -0.15) is 5.10 Å². The standard InChI is InChI=1S/C18H17IN2O5/c1-23-11-6-5-10-15(14(11)19)20-21-16(10)17(22)9-7-12(24-2)18(26-4)13(8-9)25-3/h5-8H,1-4H3,(H,20,21). The lowest BCUT2D eigenvalue weighted by molar-refractivity contribution is 0.103. The molecule has 0 saturated heterocycles. The van der Waals surface area contributed by atoms with Gasteiger partial charge in [0.25, 0.3) is 0 Å². The Labute approximate surface area is 163 Å². The number of carbonyl (C=O) groups excluding carboxylic acids is 1. The number of carbonyl (C=O) groups is 1. The Morgan fingerprint density at radius 2 is 1.58 bits per heavy atom. The maximum absolute atomic E-state index is 13.1. The Hall–Kier alpha value is -2.49. The van der Waals surface area contributed by atoms with Gasteiger partial charge in [-0.25, -0.2) is 0 Å². The van der Waals surface area contributed by atoms with E-state index < -0.39 is 0 Å². The zero-order chi connectivity index (χ0) is 18.8. The summed E-state index contributed by atoms with van der Waals surface area (Å²) < 4.78 is 22.1. The highest BCUT2D eigenvalue weighted by Gasteiger charge is 2.22. The first-order valence-corrected chi connectivity index (χ1v) is 8.68. The molecule has 0 aliphatic heterocycles. The molecule has 7 nitrogen and oxygen atoms in total. The van der Waals surface area contributed by atoms with Crippen molar-refractivity contribution in [3.05, 3.63) is 39.1 Å². The van der Waals surface area contributed by atoms with Crippen molar-refractivity contribution < 1.29 is 23.7 Å². The van der Waals surface area contributed by atoms with Crippen molar-refractivity contribution in [3.8, 4) is 23.0 Å². The third-order valence-electron chi connectivity index (χ3n) is 4.00. The van der Waals surface area contributed by atoms with Crippen molar-refractivity contribution in [1.29, 1.82) is 0 Å². The number of nitrogens with one attached hydrogen (secondary N) is 1. The van der Waals surface area contributed by atoms with Crippen LogP contribution in [0.2, 0.25) is 0 Å². The summed E-state index contributed by atoms with van der Waals surface area (Å²) in [6, 6.07) is 6.85. The van der Waals surface area contributed by atoms with Gasteiger partial charge in [0.2, 0.25) is 11.5 Å². The lowest BCUT2D eigenvalue weighted by Gasteiger charge is -2.13. The zero-order valence-corrected chi connectivity index (χ0v) is 16.8. The SMILES string of the molecule is COc1cc(C(=O)c2[nH]nc3c(I)c(OC)ccc23)cc(OC)c1OC. The van der Waals surface area contributed by atoms with Crippen LogP contribution in [0.5, 0.6) is 23.0 Å². The monoisotopic (exact) mass is 468 g/mol. The first-order valence-electron chi connectivity index (χ1n) is 7.61. The molecule has 0 bridgehead atoms. The summed E-state index contributed by atoms with van der Waals surface area (Å²) in [5.74, 6) is 1.73. The minimum Gasteiger partial charge on any atom is -0.496 e. The van der Waals surface area contributed by atoms with E-state index in [-0.39, 0.29) is 5.78 Å². The molecule has 0 fully saturated rings. The Balaban J connectivity index is 2.13. The number of hydrogen-bond donors (Lipinski definition) is 1. The summed E-state index contributed by atoms with van der Waals surface area (Å²) in [6.45, 7) is 0. The molecule has 0 saturated carbocycles. The minimum absolute atomic E-state index is 0.229. The van der Waals surface area contributed by atoms with E-state index in [9.17, 15) is 4.79 Å². The normalized spacial score (nSPS) is 10.7. The molecule has 26 heavy (non-hydrogen) atoms. The van der Waals surface area contributed by atoms with E-state index in [2.05, 4.69) is 32.8 Å². The van der Waals surface area contributed by atoms with Gasteiger partial charge in [0, 0.05) is 10.9 Å². The van der Waals surface area contributed by atoms with Crippen LogP contribution in [0, 0.1) is 3.57 Å². The van der Waals surface area contributed by atoms with E-state index in [1.807, 2.05) is 12.1 Å². The zero-order valence-electron chi connectivity index (χ0n) is 14.7. The Kier molecular flexibility index (Phi) is 5.21. The number of methoxy groups -OCH3 is 4. The van der Waals surface area contributed by atoms with E-state index in [4.69, 9.17) is 18.9 Å². The molecule has 0 aliphatic rings. The van der Waals surface area contributed by atoms with Gasteiger partial charge < -0.3 is 18.9 Å². The summed E-state index contributed by atoms with van der Waals surface area (Å²) in [5.41, 5.74) is 1.46. The van der Waals surface area contributed by atoms with Gasteiger partial charge in [-0.1, -0.05) is 0 Å². The van der Waals surface area contributed by atoms with Crippen LogP contribution in [-0.2, 0) is 0 Å². The molecule has 1 aromatic heterocycles. The molecule has 0 aliphatic carbocycles. The van der Waals surface area contributed by atoms with Crippen LogP contribution in [0.15, 0.2) is 24.3 Å². The van der Waals surface area contributed by atoms with Crippen LogP contribution in [0.3, 0.4) is 0 Å². The first kappa shape index (κ1) is 18.3. The highest BCUT2D eigenvalue weighted by molar-refractivity contribution is 14.1. The van der Waals surface area contributed by atoms with Crippen LogP contribution in [0.1, 0.15) is 16.1 Å². The fourth-order valence-corrected chi connectivity index (χ4v) is 3.53. The molecule has 0 atom stereocenters. The second-order valence-corrected chi connectivity index (χ2v) is 6.40. The molecule has 2 aromatic carbocycles. The number of benzene rings is 2. The first-order chi connectivity index (χ1) is 12.5. The Morgan fingerprint density at radius 3 is 2.12 bits per heavy atom. The number of hydrogen-bond acceptors (Lipinski definition) is 6. The minimum atomic E-state index is -0.229. The second kappa shape index (κ2) is 7.40. The van der Waals surface area contributed by atoms with Gasteiger partial charge in [0.15, 0.2) is 11.5 Å². The molecule has 136 valence electrons. The molecule has 3 rings (SSSR count). The Bertz CT molecular complexity index is 958. The van der Waals surface area contributed by atoms with Gasteiger partial charge in [-0.3, -0.25) is 9.89 Å². The van der Waals surface area contributed by atoms with Gasteiger partial charge in [0.05, 0.1) is 32.0 Å². The topological polar surface area (TPSA) is 82.7 Å². The number of ketones is 1. The van der Waals surface area contributed by atoms with Crippen molar-refractivity contribution in [3.63, 3.8) is 0 Å². The molecule has 0 spiro atoms. The highest BCUT2D eigenvalue weighted by Crippen LogP contribution is 2.39. The largest absolute Gasteiger partial charge is 0.496 e. The van der Waals surface area contributed by atoms with Gasteiger partial charge in [0.1, 0.15) is 17.0 Å². The fourth-order valence-electron chi connectivity index (χ4n) is 2.72. The summed E-state index contributed by atoms with van der Waals surface area (Å²) in [7, 11) is 6.12. The Morgan fingerprint density at radius 1 is 0.962 bits per heavy atom. The van der Waals surface area contributed by atoms with Crippen LogP contribution >= 0.6 is 22.6 Å². The molecular formula is C18H17IN2O5. The molecule has 3 aromatic rings. The van der Waals surface area contributed by atoms with E-state index in [0.717, 1.165) is 3.57 Å². The second-order valence-electron chi connectivity index (χ2n) is 5.32. The predicted molar refractivity (Wildman–Crippen MR) is 105 cm³/mol. The quantitative estimate of drug-likeness (QED) is 0.441. The molecule has 0 unspecified atom stereocenters. The molecule has 1 heterocycles. The summed E-state index contributed by atoms with van der Waals surface area (Å²) >= 11 is 2.15. The molecule has 0 amide bonds. The number of halogens is 1. The predicted octanol–water partition coefficient (Wildman–Crippen LogP) is 3.43. The van der Waals surface area contributed by atoms with Crippen LogP contribution in [0.4, 0.5) is 0 Å². The van der Waals surface area contributed by atoms with Crippen LogP contribution < -0.4 is 18.9 Å². The third-order valence-corrected chi connectivity index (χ3v) is 5.05. The summed E-state index contributed by atoms with van der Waals surface area (Å²) in [4.78, 5) is 13.1.